The van der Waals surface area contributed by atoms with Crippen molar-refractivity contribution >= 4 is 21.7 Å². The van der Waals surface area contributed by atoms with Gasteiger partial charge in [0, 0.05) is 28.9 Å². The van der Waals surface area contributed by atoms with Crippen LogP contribution in [0.4, 0.5) is 0 Å². The molecule has 0 atom stereocenters. The van der Waals surface area contributed by atoms with Crippen LogP contribution in [-0.4, -0.2) is 14.4 Å². The van der Waals surface area contributed by atoms with Gasteiger partial charge in [-0.1, -0.05) is 28.1 Å². The van der Waals surface area contributed by atoms with Gasteiger partial charge in [-0.15, -0.1) is 0 Å². The van der Waals surface area contributed by atoms with Gasteiger partial charge < -0.3 is 0 Å². The minimum atomic E-state index is 0.781. The van der Waals surface area contributed by atoms with Crippen molar-refractivity contribution in [1.29, 1.82) is 0 Å². The van der Waals surface area contributed by atoms with Crippen molar-refractivity contribution < 1.29 is 0 Å². The van der Waals surface area contributed by atoms with E-state index in [1.807, 2.05) is 12.3 Å². The topological polar surface area (TPSA) is 30.2 Å². The predicted molar refractivity (Wildman–Crippen MR) is 68.9 cm³/mol. The lowest BCUT2D eigenvalue weighted by Gasteiger charge is -2.01. The second kappa shape index (κ2) is 3.17. The molecule has 0 saturated carbocycles. The normalized spacial score (nSPS) is 12.8. The number of hydrogen-bond donors (Lipinski definition) is 0. The lowest BCUT2D eigenvalue weighted by Crippen LogP contribution is -1.93. The molecule has 0 aliphatic heterocycles. The van der Waals surface area contributed by atoms with Crippen molar-refractivity contribution in [3.05, 3.63) is 52.4 Å². The summed E-state index contributed by atoms with van der Waals surface area (Å²) in [7, 11) is 0. The molecule has 0 unspecified atom stereocenters. The van der Waals surface area contributed by atoms with Crippen LogP contribution in [0, 0.1) is 0 Å². The molecule has 82 valence electrons. The molecule has 17 heavy (non-hydrogen) atoms. The Labute approximate surface area is 106 Å². The lowest BCUT2D eigenvalue weighted by molar-refractivity contribution is 1.02. The van der Waals surface area contributed by atoms with Crippen LogP contribution >= 0.6 is 15.9 Å². The van der Waals surface area contributed by atoms with E-state index in [-0.39, 0.29) is 0 Å². The molecule has 1 aliphatic rings. The summed E-state index contributed by atoms with van der Waals surface area (Å²) in [5.74, 6) is 0.781. The second-order valence-electron chi connectivity index (χ2n) is 4.14. The first-order chi connectivity index (χ1) is 8.34. The highest BCUT2D eigenvalue weighted by atomic mass is 79.9. The van der Waals surface area contributed by atoms with Gasteiger partial charge in [-0.2, -0.15) is 0 Å². The zero-order chi connectivity index (χ0) is 11.4. The van der Waals surface area contributed by atoms with E-state index in [0.717, 1.165) is 22.4 Å². The van der Waals surface area contributed by atoms with Crippen LogP contribution in [0.15, 0.2) is 41.1 Å². The third kappa shape index (κ3) is 1.16. The fourth-order valence-electron chi connectivity index (χ4n) is 2.45. The number of rotatable bonds is 0. The van der Waals surface area contributed by atoms with Gasteiger partial charge in [-0.25, -0.2) is 9.97 Å². The molecule has 0 fully saturated rings. The Hall–Kier alpha value is -1.68. The monoisotopic (exact) mass is 285 g/mol. The number of imidazole rings is 1. The molecule has 0 radical (unpaired) electrons. The number of benzene rings is 1. The van der Waals surface area contributed by atoms with Gasteiger partial charge in [0.1, 0.15) is 0 Å². The summed E-state index contributed by atoms with van der Waals surface area (Å²) in [4.78, 5) is 8.89. The van der Waals surface area contributed by atoms with E-state index in [1.165, 1.54) is 16.8 Å². The average molecular weight is 286 g/mol. The van der Waals surface area contributed by atoms with Gasteiger partial charge in [0.05, 0.1) is 11.4 Å². The van der Waals surface area contributed by atoms with E-state index in [1.54, 1.807) is 6.20 Å². The van der Waals surface area contributed by atoms with Crippen molar-refractivity contribution in [2.24, 2.45) is 0 Å². The quantitative estimate of drug-likeness (QED) is 0.497. The SMILES string of the molecule is Brc1cccc2c1Cc1c-2nc2ncccn12. The molecule has 4 rings (SSSR count). The van der Waals surface area contributed by atoms with Gasteiger partial charge >= 0.3 is 0 Å². The van der Waals surface area contributed by atoms with Gasteiger partial charge in [0.2, 0.25) is 5.78 Å². The van der Waals surface area contributed by atoms with Gasteiger partial charge in [0.25, 0.3) is 0 Å². The Morgan fingerprint density at radius 3 is 3.12 bits per heavy atom. The number of fused-ring (bicyclic) bond motifs is 5. The van der Waals surface area contributed by atoms with Crippen LogP contribution in [0.25, 0.3) is 17.0 Å². The van der Waals surface area contributed by atoms with Crippen molar-refractivity contribution in [1.82, 2.24) is 14.4 Å². The summed E-state index contributed by atoms with van der Waals surface area (Å²) < 4.78 is 3.23. The van der Waals surface area contributed by atoms with Crippen LogP contribution in [-0.2, 0) is 6.42 Å². The highest BCUT2D eigenvalue weighted by Crippen LogP contribution is 2.39. The van der Waals surface area contributed by atoms with Crippen LogP contribution in [0.5, 0.6) is 0 Å². The summed E-state index contributed by atoms with van der Waals surface area (Å²) in [6, 6.07) is 8.19. The average Bonchev–Trinajstić information content (AvgIpc) is 2.87. The summed E-state index contributed by atoms with van der Waals surface area (Å²) in [6.07, 6.45) is 4.71. The van der Waals surface area contributed by atoms with Crippen LogP contribution in [0.2, 0.25) is 0 Å². The van der Waals surface area contributed by atoms with Gasteiger partial charge in [0.15, 0.2) is 0 Å². The lowest BCUT2D eigenvalue weighted by atomic mass is 10.1. The first-order valence-electron chi connectivity index (χ1n) is 5.44. The number of nitrogens with zero attached hydrogens (tertiary/aromatic N) is 3. The second-order valence-corrected chi connectivity index (χ2v) is 4.99. The highest BCUT2D eigenvalue weighted by molar-refractivity contribution is 9.10. The summed E-state index contributed by atoms with van der Waals surface area (Å²) in [5, 5.41) is 0. The molecule has 3 nitrogen and oxygen atoms in total. The zero-order valence-corrected chi connectivity index (χ0v) is 10.5. The minimum Gasteiger partial charge on any atom is -0.287 e. The molecule has 0 spiro atoms. The first-order valence-corrected chi connectivity index (χ1v) is 6.23. The molecule has 0 bridgehead atoms. The molecule has 2 heterocycles. The Bertz CT molecular complexity index is 746. The Balaban J connectivity index is 2.10. The molecule has 3 aromatic rings. The maximum atomic E-state index is 4.61. The fourth-order valence-corrected chi connectivity index (χ4v) is 2.95. The van der Waals surface area contributed by atoms with E-state index in [9.17, 15) is 0 Å². The maximum Gasteiger partial charge on any atom is 0.234 e. The van der Waals surface area contributed by atoms with Crippen molar-refractivity contribution in [2.45, 2.75) is 6.42 Å². The van der Waals surface area contributed by atoms with Gasteiger partial charge in [-0.3, -0.25) is 4.40 Å². The van der Waals surface area contributed by atoms with Crippen LogP contribution < -0.4 is 0 Å². The van der Waals surface area contributed by atoms with E-state index >= 15 is 0 Å². The molecule has 0 amide bonds. The third-order valence-electron chi connectivity index (χ3n) is 3.22. The van der Waals surface area contributed by atoms with Crippen molar-refractivity contribution in [2.75, 3.05) is 0 Å². The van der Waals surface area contributed by atoms with Crippen molar-refractivity contribution in [3.63, 3.8) is 0 Å². The molecule has 1 aromatic carbocycles. The fraction of sp³-hybridized carbons (Fsp3) is 0.0769. The zero-order valence-electron chi connectivity index (χ0n) is 8.89. The summed E-state index contributed by atoms with van der Waals surface area (Å²) in [6.45, 7) is 0. The van der Waals surface area contributed by atoms with Gasteiger partial charge in [-0.05, 0) is 17.7 Å². The molecule has 4 heteroatoms. The standard InChI is InChI=1S/C13H8BrN3/c14-10-4-1-3-8-9(10)7-11-12(8)16-13-15-5-2-6-17(11)13/h1-6H,7H2. The van der Waals surface area contributed by atoms with E-state index in [0.29, 0.717) is 0 Å². The van der Waals surface area contributed by atoms with Crippen molar-refractivity contribution in [3.8, 4) is 11.3 Å². The largest absolute Gasteiger partial charge is 0.287 e. The Morgan fingerprint density at radius 1 is 1.24 bits per heavy atom. The van der Waals surface area contributed by atoms with E-state index in [2.05, 4.69) is 48.5 Å². The molecular formula is C13H8BrN3. The molecule has 0 N–H and O–H groups in total. The molecule has 2 aromatic heterocycles. The smallest absolute Gasteiger partial charge is 0.234 e. The maximum absolute atomic E-state index is 4.61. The van der Waals surface area contributed by atoms with E-state index in [4.69, 9.17) is 0 Å². The first kappa shape index (κ1) is 9.36. The van der Waals surface area contributed by atoms with Crippen LogP contribution in [0.1, 0.15) is 11.3 Å². The van der Waals surface area contributed by atoms with E-state index < -0.39 is 0 Å². The van der Waals surface area contributed by atoms with Crippen LogP contribution in [0.3, 0.4) is 0 Å². The summed E-state index contributed by atoms with van der Waals surface area (Å²) >= 11 is 3.60. The number of hydrogen-bond acceptors (Lipinski definition) is 2. The molecule has 0 saturated heterocycles. The number of aromatic nitrogens is 3. The predicted octanol–water partition coefficient (Wildman–Crippen LogP) is 3.06. The Kier molecular flexibility index (Phi) is 1.74. The third-order valence-corrected chi connectivity index (χ3v) is 3.96. The number of halogens is 1. The molecule has 1 aliphatic carbocycles. The summed E-state index contributed by atoms with van der Waals surface area (Å²) in [5.41, 5.74) is 4.85. The highest BCUT2D eigenvalue weighted by Gasteiger charge is 2.25. The minimum absolute atomic E-state index is 0.781. The Morgan fingerprint density at radius 2 is 2.18 bits per heavy atom. The molecular weight excluding hydrogens is 278 g/mol.